The Bertz CT molecular complexity index is 2820. The zero-order valence-electron chi connectivity index (χ0n) is 31.1. The smallest absolute Gasteiger partial charge is 0.137 e. The molecular weight excluding hydrogens is 681 g/mol. The molecule has 3 heteroatoms. The fraction of sp³-hybridized carbons (Fsp3) is 0.0943. The number of anilines is 6. The van der Waals surface area contributed by atoms with Crippen LogP contribution >= 0.6 is 0 Å². The molecule has 0 bridgehead atoms. The van der Waals surface area contributed by atoms with Crippen LogP contribution in [0.5, 0.6) is 0 Å². The van der Waals surface area contributed by atoms with Crippen molar-refractivity contribution in [3.8, 4) is 11.1 Å². The van der Waals surface area contributed by atoms with Gasteiger partial charge in [0.2, 0.25) is 0 Å². The van der Waals surface area contributed by atoms with Gasteiger partial charge in [-0.2, -0.15) is 0 Å². The molecule has 11 rings (SSSR count). The molecule has 0 amide bonds. The molecule has 268 valence electrons. The highest BCUT2D eigenvalue weighted by atomic mass is 16.3. The predicted molar refractivity (Wildman–Crippen MR) is 232 cm³/mol. The number of hydrogen-bond donors (Lipinski definition) is 0. The molecule has 3 nitrogen and oxygen atoms in total. The average Bonchev–Trinajstić information content (AvgIpc) is 3.95. The average molecular weight is 721 g/mol. The van der Waals surface area contributed by atoms with E-state index >= 15 is 0 Å². The van der Waals surface area contributed by atoms with Crippen molar-refractivity contribution in [2.24, 2.45) is 0 Å². The number of para-hydroxylation sites is 3. The van der Waals surface area contributed by atoms with E-state index in [0.717, 1.165) is 76.1 Å². The summed E-state index contributed by atoms with van der Waals surface area (Å²) >= 11 is 0. The first kappa shape index (κ1) is 32.6. The minimum absolute atomic E-state index is 0.0404. The lowest BCUT2D eigenvalue weighted by Crippen LogP contribution is -2.22. The van der Waals surface area contributed by atoms with Crippen LogP contribution in [0.2, 0.25) is 0 Å². The summed E-state index contributed by atoms with van der Waals surface area (Å²) in [7, 11) is 0. The fourth-order valence-corrected chi connectivity index (χ4v) is 9.57. The second-order valence-corrected chi connectivity index (χ2v) is 15.3. The standard InChI is InChI=1S/C53H40N2O/c1-4-12-37(13-5-1)38-20-24-43(25-21-38)55(46-28-29-48-47-18-10-11-19-51(47)56-52(48)36-46)45-27-23-40-31-33-53(50(40)35-45)32-30-39-22-26-44(34-49(39)53)54(41-14-6-2-7-15-41)42-16-8-3-9-17-42/h1-29,34-36H,30-33H2/t53-/m1/s1. The summed E-state index contributed by atoms with van der Waals surface area (Å²) in [5.74, 6) is 0. The van der Waals surface area contributed by atoms with Gasteiger partial charge in [0.15, 0.2) is 0 Å². The lowest BCUT2D eigenvalue weighted by molar-refractivity contribution is 0.507. The summed E-state index contributed by atoms with van der Waals surface area (Å²) in [6.07, 6.45) is 4.41. The van der Waals surface area contributed by atoms with E-state index in [4.69, 9.17) is 4.42 Å². The van der Waals surface area contributed by atoms with E-state index in [1.54, 1.807) is 0 Å². The largest absolute Gasteiger partial charge is 0.456 e. The van der Waals surface area contributed by atoms with E-state index in [9.17, 15) is 0 Å². The minimum Gasteiger partial charge on any atom is -0.456 e. The molecule has 9 aromatic rings. The maximum Gasteiger partial charge on any atom is 0.137 e. The Morgan fingerprint density at radius 2 is 0.804 bits per heavy atom. The van der Waals surface area contributed by atoms with Gasteiger partial charge in [0.1, 0.15) is 11.2 Å². The number of nitrogens with zero attached hydrogens (tertiary/aromatic N) is 2. The van der Waals surface area contributed by atoms with Crippen molar-refractivity contribution < 1.29 is 4.42 Å². The minimum atomic E-state index is -0.0404. The summed E-state index contributed by atoms with van der Waals surface area (Å²) in [5.41, 5.74) is 16.9. The molecule has 1 heterocycles. The second kappa shape index (κ2) is 13.2. The molecule has 1 aromatic heterocycles. The van der Waals surface area contributed by atoms with Crippen molar-refractivity contribution in [2.45, 2.75) is 31.1 Å². The van der Waals surface area contributed by atoms with Crippen LogP contribution in [0.3, 0.4) is 0 Å². The number of rotatable bonds is 7. The van der Waals surface area contributed by atoms with E-state index < -0.39 is 0 Å². The number of benzene rings is 8. The number of aryl methyl sites for hydroxylation is 2. The van der Waals surface area contributed by atoms with Gasteiger partial charge >= 0.3 is 0 Å². The van der Waals surface area contributed by atoms with Crippen LogP contribution in [-0.2, 0) is 18.3 Å². The predicted octanol–water partition coefficient (Wildman–Crippen LogP) is 14.4. The molecule has 0 saturated heterocycles. The molecule has 0 saturated carbocycles. The topological polar surface area (TPSA) is 19.6 Å². The highest BCUT2D eigenvalue weighted by Crippen LogP contribution is 2.55. The molecule has 0 aliphatic heterocycles. The Hall–Kier alpha value is -6.84. The van der Waals surface area contributed by atoms with E-state index in [1.165, 1.54) is 39.1 Å². The summed E-state index contributed by atoms with van der Waals surface area (Å²) in [4.78, 5) is 4.81. The second-order valence-electron chi connectivity index (χ2n) is 15.3. The van der Waals surface area contributed by atoms with Crippen molar-refractivity contribution in [1.82, 2.24) is 0 Å². The van der Waals surface area contributed by atoms with E-state index in [-0.39, 0.29) is 5.41 Å². The van der Waals surface area contributed by atoms with Gasteiger partial charge in [-0.1, -0.05) is 109 Å². The maximum absolute atomic E-state index is 6.44. The lowest BCUT2D eigenvalue weighted by Gasteiger charge is -2.31. The van der Waals surface area contributed by atoms with E-state index in [2.05, 4.69) is 198 Å². The quantitative estimate of drug-likeness (QED) is 0.163. The van der Waals surface area contributed by atoms with Gasteiger partial charge in [0, 0.05) is 56.4 Å². The zero-order chi connectivity index (χ0) is 37.1. The van der Waals surface area contributed by atoms with Crippen LogP contribution in [0.25, 0.3) is 33.1 Å². The van der Waals surface area contributed by atoms with Crippen LogP contribution in [-0.4, -0.2) is 0 Å². The van der Waals surface area contributed by atoms with Crippen LogP contribution < -0.4 is 9.80 Å². The van der Waals surface area contributed by atoms with Crippen molar-refractivity contribution in [3.63, 3.8) is 0 Å². The SMILES string of the molecule is c1ccc(-c2ccc(N(c3ccc4c(c3)[C@]3(CCc5ccc(N(c6ccccc6)c6ccccc6)cc53)CC4)c3ccc4c(c3)oc3ccccc34)cc2)cc1. The van der Waals surface area contributed by atoms with Crippen LogP contribution in [0, 0.1) is 0 Å². The normalized spacial score (nSPS) is 15.6. The maximum atomic E-state index is 6.44. The fourth-order valence-electron chi connectivity index (χ4n) is 9.57. The van der Waals surface area contributed by atoms with Crippen LogP contribution in [0.15, 0.2) is 199 Å². The third-order valence-corrected chi connectivity index (χ3v) is 12.3. The summed E-state index contributed by atoms with van der Waals surface area (Å²) < 4.78 is 6.44. The Kier molecular flexibility index (Phi) is 7.67. The van der Waals surface area contributed by atoms with Gasteiger partial charge in [-0.3, -0.25) is 0 Å². The number of fused-ring (bicyclic) bond motifs is 7. The van der Waals surface area contributed by atoms with Gasteiger partial charge < -0.3 is 14.2 Å². The van der Waals surface area contributed by atoms with Gasteiger partial charge in [-0.15, -0.1) is 0 Å². The van der Waals surface area contributed by atoms with Gasteiger partial charge in [0.25, 0.3) is 0 Å². The van der Waals surface area contributed by atoms with Crippen LogP contribution in [0.4, 0.5) is 34.1 Å². The van der Waals surface area contributed by atoms with E-state index in [0.29, 0.717) is 0 Å². The molecule has 56 heavy (non-hydrogen) atoms. The van der Waals surface area contributed by atoms with Gasteiger partial charge in [0.05, 0.1) is 0 Å². The van der Waals surface area contributed by atoms with Crippen molar-refractivity contribution in [1.29, 1.82) is 0 Å². The van der Waals surface area contributed by atoms with Gasteiger partial charge in [-0.05, 0) is 138 Å². The molecule has 2 aliphatic carbocycles. The number of furan rings is 1. The summed E-state index contributed by atoms with van der Waals surface area (Å²) in [5, 5.41) is 2.28. The lowest BCUT2D eigenvalue weighted by atomic mass is 9.76. The highest BCUT2D eigenvalue weighted by molar-refractivity contribution is 6.06. The van der Waals surface area contributed by atoms with Crippen molar-refractivity contribution in [2.75, 3.05) is 9.80 Å². The van der Waals surface area contributed by atoms with E-state index in [1.807, 2.05) is 6.07 Å². The van der Waals surface area contributed by atoms with Crippen molar-refractivity contribution >= 4 is 56.1 Å². The molecule has 1 atom stereocenters. The van der Waals surface area contributed by atoms with Crippen molar-refractivity contribution in [3.05, 3.63) is 216 Å². The zero-order valence-corrected chi connectivity index (χ0v) is 31.1. The molecule has 1 spiro atoms. The molecule has 8 aromatic carbocycles. The van der Waals surface area contributed by atoms with Crippen LogP contribution in [0.1, 0.15) is 35.1 Å². The van der Waals surface area contributed by atoms with Gasteiger partial charge in [-0.25, -0.2) is 0 Å². The third-order valence-electron chi connectivity index (χ3n) is 12.3. The molecule has 0 radical (unpaired) electrons. The Morgan fingerprint density at radius 3 is 1.43 bits per heavy atom. The first-order chi connectivity index (χ1) is 27.7. The summed E-state index contributed by atoms with van der Waals surface area (Å²) in [6.45, 7) is 0. The Morgan fingerprint density at radius 1 is 0.357 bits per heavy atom. The molecular formula is C53H40N2O. The Labute approximate surface area is 327 Å². The monoisotopic (exact) mass is 720 g/mol. The Balaban J connectivity index is 1.04. The molecule has 0 unspecified atom stereocenters. The highest BCUT2D eigenvalue weighted by Gasteiger charge is 2.45. The molecule has 2 aliphatic rings. The molecule has 0 N–H and O–H groups in total. The molecule has 0 fully saturated rings. The number of hydrogen-bond acceptors (Lipinski definition) is 3. The third kappa shape index (κ3) is 5.34. The first-order valence-electron chi connectivity index (χ1n) is 19.8. The first-order valence-corrected chi connectivity index (χ1v) is 19.8. The summed E-state index contributed by atoms with van der Waals surface area (Å²) in [6, 6.07) is 70.6.